The van der Waals surface area contributed by atoms with E-state index >= 15 is 0 Å². The van der Waals surface area contributed by atoms with Gasteiger partial charge in [0.1, 0.15) is 0 Å². The van der Waals surface area contributed by atoms with Gasteiger partial charge in [0.25, 0.3) is 0 Å². The lowest BCUT2D eigenvalue weighted by Gasteiger charge is -2.31. The highest BCUT2D eigenvalue weighted by Gasteiger charge is 2.27. The van der Waals surface area contributed by atoms with Crippen molar-refractivity contribution < 1.29 is 21.6 Å². The Hall–Kier alpha value is -2.83. The number of nitrogens with one attached hydrogen (secondary N) is 1. The number of rotatable bonds is 7. The third-order valence-electron chi connectivity index (χ3n) is 6.03. The number of hydrogen-bond donors (Lipinski definition) is 1. The van der Waals surface area contributed by atoms with Crippen LogP contribution in [-0.4, -0.2) is 83.1 Å². The molecule has 0 unspecified atom stereocenters. The molecular formula is C24H28N4O5S2. The van der Waals surface area contributed by atoms with Crippen LogP contribution in [0.4, 0.5) is 5.69 Å². The van der Waals surface area contributed by atoms with E-state index in [4.69, 9.17) is 0 Å². The molecule has 0 aliphatic carbocycles. The quantitative estimate of drug-likeness (QED) is 0.515. The number of nitrogens with zero attached hydrogens (tertiary/aromatic N) is 3. The highest BCUT2D eigenvalue weighted by atomic mass is 32.2. The Morgan fingerprint density at radius 2 is 1.46 bits per heavy atom. The molecule has 1 saturated heterocycles. The van der Waals surface area contributed by atoms with E-state index in [0.29, 0.717) is 31.9 Å². The zero-order valence-electron chi connectivity index (χ0n) is 19.6. The Morgan fingerprint density at radius 3 is 2.11 bits per heavy atom. The summed E-state index contributed by atoms with van der Waals surface area (Å²) < 4.78 is 54.1. The first-order valence-electron chi connectivity index (χ1n) is 11.1. The summed E-state index contributed by atoms with van der Waals surface area (Å²) >= 11 is 0. The van der Waals surface area contributed by atoms with E-state index in [9.17, 15) is 21.6 Å². The van der Waals surface area contributed by atoms with Crippen molar-refractivity contribution in [3.8, 4) is 0 Å². The van der Waals surface area contributed by atoms with Gasteiger partial charge in [0, 0.05) is 38.9 Å². The molecule has 1 amide bonds. The average molecular weight is 517 g/mol. The number of fused-ring (bicyclic) bond motifs is 1. The van der Waals surface area contributed by atoms with Crippen LogP contribution in [0.3, 0.4) is 0 Å². The molecule has 0 bridgehead atoms. The summed E-state index contributed by atoms with van der Waals surface area (Å²) in [4.78, 5) is 14.8. The van der Waals surface area contributed by atoms with Gasteiger partial charge in [-0.1, -0.05) is 30.3 Å². The van der Waals surface area contributed by atoms with Crippen molar-refractivity contribution in [1.82, 2.24) is 13.5 Å². The second kappa shape index (κ2) is 10.0. The largest absolute Gasteiger partial charge is 0.325 e. The fraction of sp³-hybridized carbons (Fsp3) is 0.292. The van der Waals surface area contributed by atoms with Crippen molar-refractivity contribution in [2.75, 3.05) is 52.1 Å². The number of anilines is 1. The molecule has 0 spiro atoms. The Kier molecular flexibility index (Phi) is 7.25. The molecule has 4 rings (SSSR count). The van der Waals surface area contributed by atoms with E-state index in [1.165, 1.54) is 41.7 Å². The van der Waals surface area contributed by atoms with Crippen LogP contribution < -0.4 is 5.32 Å². The molecule has 0 radical (unpaired) electrons. The summed E-state index contributed by atoms with van der Waals surface area (Å²) in [7, 11) is -4.19. The number of sulfonamides is 2. The summed E-state index contributed by atoms with van der Waals surface area (Å²) in [5.41, 5.74) is 0.379. The number of carbonyl (C=O) groups excluding carboxylic acids is 1. The smallest absolute Gasteiger partial charge is 0.243 e. The van der Waals surface area contributed by atoms with Gasteiger partial charge in [-0.2, -0.15) is 8.61 Å². The molecule has 0 aromatic heterocycles. The second-order valence-electron chi connectivity index (χ2n) is 8.55. The molecule has 186 valence electrons. The van der Waals surface area contributed by atoms with Gasteiger partial charge in [0.05, 0.1) is 16.3 Å². The molecule has 9 nitrogen and oxygen atoms in total. The van der Waals surface area contributed by atoms with E-state index in [1.807, 2.05) is 31.3 Å². The van der Waals surface area contributed by atoms with Crippen LogP contribution in [0.5, 0.6) is 0 Å². The van der Waals surface area contributed by atoms with Crippen LogP contribution in [-0.2, 0) is 24.8 Å². The van der Waals surface area contributed by atoms with Gasteiger partial charge in [0.15, 0.2) is 0 Å². The van der Waals surface area contributed by atoms with Crippen molar-refractivity contribution in [1.29, 1.82) is 0 Å². The van der Waals surface area contributed by atoms with Gasteiger partial charge in [-0.15, -0.1) is 0 Å². The number of hydrogen-bond acceptors (Lipinski definition) is 6. The summed E-state index contributed by atoms with van der Waals surface area (Å²) in [6.45, 7) is 1.80. The van der Waals surface area contributed by atoms with Gasteiger partial charge in [-0.25, -0.2) is 16.8 Å². The molecule has 1 aliphatic heterocycles. The van der Waals surface area contributed by atoms with Gasteiger partial charge >= 0.3 is 0 Å². The van der Waals surface area contributed by atoms with E-state index in [2.05, 4.69) is 10.2 Å². The lowest BCUT2D eigenvalue weighted by atomic mass is 10.1. The third-order valence-corrected chi connectivity index (χ3v) is 9.75. The zero-order valence-corrected chi connectivity index (χ0v) is 21.2. The highest BCUT2D eigenvalue weighted by molar-refractivity contribution is 7.89. The maximum Gasteiger partial charge on any atom is 0.243 e. The number of piperazine rings is 1. The minimum atomic E-state index is -3.88. The summed E-state index contributed by atoms with van der Waals surface area (Å²) in [6, 6.07) is 18.1. The molecule has 3 aromatic carbocycles. The molecular weight excluding hydrogens is 488 g/mol. The monoisotopic (exact) mass is 516 g/mol. The number of amides is 1. The Labute approximate surface area is 206 Å². The standard InChI is InChI=1S/C24H28N4O5S2/c1-26-13-15-28(16-14-26)35(32,33)22-11-8-21(9-12-22)25-24(29)18-27(2)34(30,31)23-10-7-19-5-3-4-6-20(19)17-23/h3-12,17H,13-16,18H2,1-2H3,(H,25,29). The Morgan fingerprint density at radius 1 is 0.857 bits per heavy atom. The van der Waals surface area contributed by atoms with E-state index in [-0.39, 0.29) is 9.79 Å². The van der Waals surface area contributed by atoms with Crippen molar-refractivity contribution in [2.45, 2.75) is 9.79 Å². The summed E-state index contributed by atoms with van der Waals surface area (Å²) in [5, 5.41) is 4.34. The Bertz CT molecular complexity index is 1430. The minimum Gasteiger partial charge on any atom is -0.325 e. The normalized spacial score (nSPS) is 16.0. The SMILES string of the molecule is CN1CCN(S(=O)(=O)c2ccc(NC(=O)CN(C)S(=O)(=O)c3ccc4ccccc4c3)cc2)CC1. The number of likely N-dealkylation sites (N-methyl/N-ethyl adjacent to an activating group) is 2. The van der Waals surface area contributed by atoms with Gasteiger partial charge in [0.2, 0.25) is 26.0 Å². The zero-order chi connectivity index (χ0) is 25.2. The molecule has 1 fully saturated rings. The molecule has 1 N–H and O–H groups in total. The molecule has 1 aliphatic rings. The van der Waals surface area contributed by atoms with Gasteiger partial charge in [-0.05, 0) is 54.2 Å². The topological polar surface area (TPSA) is 107 Å². The fourth-order valence-electron chi connectivity index (χ4n) is 3.88. The summed E-state index contributed by atoms with van der Waals surface area (Å²) in [5.74, 6) is -0.536. The first-order valence-corrected chi connectivity index (χ1v) is 14.0. The molecule has 0 saturated carbocycles. The second-order valence-corrected chi connectivity index (χ2v) is 12.5. The van der Waals surface area contributed by atoms with Crippen molar-refractivity contribution in [3.05, 3.63) is 66.7 Å². The predicted molar refractivity (Wildman–Crippen MR) is 135 cm³/mol. The van der Waals surface area contributed by atoms with E-state index < -0.39 is 32.5 Å². The number of carbonyl (C=O) groups is 1. The fourth-order valence-corrected chi connectivity index (χ4v) is 6.47. The summed E-state index contributed by atoms with van der Waals surface area (Å²) in [6.07, 6.45) is 0. The predicted octanol–water partition coefficient (Wildman–Crippen LogP) is 2.04. The van der Waals surface area contributed by atoms with Gasteiger partial charge < -0.3 is 10.2 Å². The van der Waals surface area contributed by atoms with Crippen molar-refractivity contribution in [2.24, 2.45) is 0 Å². The Balaban J connectivity index is 1.40. The first-order chi connectivity index (χ1) is 16.6. The van der Waals surface area contributed by atoms with Crippen LogP contribution in [0.15, 0.2) is 76.5 Å². The average Bonchev–Trinajstić information content (AvgIpc) is 2.84. The van der Waals surface area contributed by atoms with Crippen molar-refractivity contribution in [3.63, 3.8) is 0 Å². The van der Waals surface area contributed by atoms with Gasteiger partial charge in [-0.3, -0.25) is 4.79 Å². The maximum absolute atomic E-state index is 13.0. The van der Waals surface area contributed by atoms with Crippen LogP contribution in [0, 0.1) is 0 Å². The van der Waals surface area contributed by atoms with Crippen LogP contribution in [0.25, 0.3) is 10.8 Å². The van der Waals surface area contributed by atoms with E-state index in [0.717, 1.165) is 15.1 Å². The third kappa shape index (κ3) is 5.54. The lowest BCUT2D eigenvalue weighted by Crippen LogP contribution is -2.46. The molecule has 35 heavy (non-hydrogen) atoms. The van der Waals surface area contributed by atoms with E-state index in [1.54, 1.807) is 12.1 Å². The molecule has 0 atom stereocenters. The van der Waals surface area contributed by atoms with Crippen LogP contribution in [0.1, 0.15) is 0 Å². The maximum atomic E-state index is 13.0. The van der Waals surface area contributed by atoms with Crippen LogP contribution in [0.2, 0.25) is 0 Å². The molecule has 11 heteroatoms. The first kappa shape index (κ1) is 25.3. The lowest BCUT2D eigenvalue weighted by molar-refractivity contribution is -0.116. The minimum absolute atomic E-state index is 0.102. The van der Waals surface area contributed by atoms with Crippen molar-refractivity contribution >= 4 is 42.4 Å². The highest BCUT2D eigenvalue weighted by Crippen LogP contribution is 2.22. The van der Waals surface area contributed by atoms with Crippen LogP contribution >= 0.6 is 0 Å². The molecule has 3 aromatic rings. The molecule has 1 heterocycles. The number of benzene rings is 3.